The van der Waals surface area contributed by atoms with Gasteiger partial charge in [-0.25, -0.2) is 0 Å². The topological polar surface area (TPSA) is 34.1 Å². The van der Waals surface area contributed by atoms with Crippen molar-refractivity contribution in [2.24, 2.45) is 5.92 Å². The van der Waals surface area contributed by atoms with E-state index < -0.39 is 0 Å². The quantitative estimate of drug-likeness (QED) is 0.623. The van der Waals surface area contributed by atoms with Gasteiger partial charge in [0, 0.05) is 0 Å². The summed E-state index contributed by atoms with van der Waals surface area (Å²) in [6, 6.07) is 19.5. The summed E-state index contributed by atoms with van der Waals surface area (Å²) >= 11 is 0.0217. The van der Waals surface area contributed by atoms with E-state index in [1.54, 1.807) is 0 Å². The number of carbonyl (C=O) groups is 2. The molecular formula is C19H18O2Se. The van der Waals surface area contributed by atoms with Crippen molar-refractivity contribution < 1.29 is 9.59 Å². The fourth-order valence-electron chi connectivity index (χ4n) is 2.89. The van der Waals surface area contributed by atoms with Crippen LogP contribution in [0.5, 0.6) is 0 Å². The van der Waals surface area contributed by atoms with Crippen molar-refractivity contribution in [3.8, 4) is 0 Å². The van der Waals surface area contributed by atoms with Crippen molar-refractivity contribution in [1.29, 1.82) is 0 Å². The van der Waals surface area contributed by atoms with E-state index in [2.05, 4.69) is 12.1 Å². The van der Waals surface area contributed by atoms with E-state index in [4.69, 9.17) is 0 Å². The summed E-state index contributed by atoms with van der Waals surface area (Å²) in [5, 5.41) is 0. The summed E-state index contributed by atoms with van der Waals surface area (Å²) in [4.78, 5) is 25.1. The zero-order valence-corrected chi connectivity index (χ0v) is 14.0. The van der Waals surface area contributed by atoms with Crippen LogP contribution >= 0.6 is 0 Å². The molecule has 0 bridgehead atoms. The van der Waals surface area contributed by atoms with Gasteiger partial charge in [0.1, 0.15) is 0 Å². The molecule has 2 atom stereocenters. The number of rotatable bonds is 4. The van der Waals surface area contributed by atoms with Crippen molar-refractivity contribution in [3.05, 3.63) is 66.2 Å². The minimum atomic E-state index is -0.149. The summed E-state index contributed by atoms with van der Waals surface area (Å²) in [6.45, 7) is 0. The maximum absolute atomic E-state index is 12.8. The Hall–Kier alpha value is -1.70. The molecule has 3 rings (SSSR count). The molecule has 1 saturated carbocycles. The van der Waals surface area contributed by atoms with Crippen LogP contribution in [0.15, 0.2) is 60.7 Å². The van der Waals surface area contributed by atoms with Gasteiger partial charge in [0.25, 0.3) is 0 Å². The first kappa shape index (κ1) is 15.2. The van der Waals surface area contributed by atoms with Gasteiger partial charge in [-0.2, -0.15) is 0 Å². The number of carbonyl (C=O) groups excluding carboxylic acids is 2. The fraction of sp³-hybridized carbons (Fsp3) is 0.263. The third kappa shape index (κ3) is 3.37. The maximum atomic E-state index is 12.8. The molecule has 112 valence electrons. The van der Waals surface area contributed by atoms with Gasteiger partial charge in [0.05, 0.1) is 0 Å². The molecular weight excluding hydrogens is 339 g/mol. The van der Waals surface area contributed by atoms with Crippen molar-refractivity contribution >= 4 is 31.0 Å². The van der Waals surface area contributed by atoms with Crippen LogP contribution in [0.25, 0.3) is 0 Å². The molecule has 0 spiro atoms. The van der Waals surface area contributed by atoms with Crippen molar-refractivity contribution in [2.75, 3.05) is 0 Å². The first-order chi connectivity index (χ1) is 10.8. The van der Waals surface area contributed by atoms with E-state index in [0.29, 0.717) is 6.42 Å². The fourth-order valence-corrected chi connectivity index (χ4v) is 5.58. The van der Waals surface area contributed by atoms with Gasteiger partial charge in [-0.1, -0.05) is 0 Å². The summed E-state index contributed by atoms with van der Waals surface area (Å²) in [6.07, 6.45) is 2.29. The van der Waals surface area contributed by atoms with Crippen molar-refractivity contribution in [1.82, 2.24) is 0 Å². The van der Waals surface area contributed by atoms with Gasteiger partial charge in [-0.3, -0.25) is 0 Å². The molecule has 0 aromatic heterocycles. The van der Waals surface area contributed by atoms with Crippen molar-refractivity contribution in [2.45, 2.75) is 24.1 Å². The monoisotopic (exact) mass is 358 g/mol. The number of ketones is 2. The van der Waals surface area contributed by atoms with E-state index in [1.165, 1.54) is 4.46 Å². The predicted octanol–water partition coefficient (Wildman–Crippen LogP) is 3.06. The number of hydrogen-bond donors (Lipinski definition) is 0. The Morgan fingerprint density at radius 2 is 1.59 bits per heavy atom. The van der Waals surface area contributed by atoms with Crippen LogP contribution in [0.3, 0.4) is 0 Å². The second kappa shape index (κ2) is 7.04. The molecule has 1 fully saturated rings. The van der Waals surface area contributed by atoms with E-state index in [1.807, 2.05) is 48.5 Å². The Morgan fingerprint density at radius 3 is 2.27 bits per heavy atom. The summed E-state index contributed by atoms with van der Waals surface area (Å²) in [5.41, 5.74) is 0.732. The van der Waals surface area contributed by atoms with Crippen LogP contribution in [-0.4, -0.2) is 26.5 Å². The number of hydrogen-bond acceptors (Lipinski definition) is 2. The zero-order valence-electron chi connectivity index (χ0n) is 12.3. The number of Topliss-reactive ketones (excluding diaryl/α,β-unsaturated/α-hetero) is 2. The normalized spacial score (nSPS) is 21.5. The standard InChI is InChI=1S/C19H18O2Se/c20-17-13-7-12-16(18(21)14-8-3-1-4-9-14)19(17)22-15-10-5-2-6-11-15/h1-6,8-11,16,19H,7,12-13H2/t16-,19-/m0/s1. The van der Waals surface area contributed by atoms with Gasteiger partial charge in [-0.05, 0) is 0 Å². The van der Waals surface area contributed by atoms with Crippen LogP contribution in [0.1, 0.15) is 29.6 Å². The van der Waals surface area contributed by atoms with Crippen LogP contribution in [0, 0.1) is 5.92 Å². The van der Waals surface area contributed by atoms with Gasteiger partial charge >= 0.3 is 137 Å². The van der Waals surface area contributed by atoms with Crippen LogP contribution in [0.2, 0.25) is 4.82 Å². The molecule has 0 aliphatic heterocycles. The third-order valence-electron chi connectivity index (χ3n) is 4.02. The molecule has 0 unspecified atom stereocenters. The summed E-state index contributed by atoms with van der Waals surface area (Å²) in [7, 11) is 0. The van der Waals surface area contributed by atoms with Gasteiger partial charge < -0.3 is 0 Å². The first-order valence-corrected chi connectivity index (χ1v) is 9.44. The molecule has 1 aliphatic rings. The van der Waals surface area contributed by atoms with Crippen molar-refractivity contribution in [3.63, 3.8) is 0 Å². The molecule has 2 aromatic carbocycles. The molecule has 0 saturated heterocycles. The molecule has 0 amide bonds. The van der Waals surface area contributed by atoms with Gasteiger partial charge in [0.15, 0.2) is 0 Å². The molecule has 2 nitrogen and oxygen atoms in total. The Balaban J connectivity index is 1.84. The Bertz CT molecular complexity index is 652. The molecule has 2 aromatic rings. The second-order valence-electron chi connectivity index (χ2n) is 5.55. The molecule has 0 heterocycles. The van der Waals surface area contributed by atoms with Crippen LogP contribution in [-0.2, 0) is 4.79 Å². The SMILES string of the molecule is O=C1CCC[C@@H](C(=O)c2ccccc2)[C@@H]1[Se]c1ccccc1. The molecule has 22 heavy (non-hydrogen) atoms. The van der Waals surface area contributed by atoms with E-state index >= 15 is 0 Å². The molecule has 0 N–H and O–H groups in total. The second-order valence-corrected chi connectivity index (χ2v) is 8.10. The molecule has 3 heteroatoms. The number of benzene rings is 2. The summed E-state index contributed by atoms with van der Waals surface area (Å²) in [5.74, 6) is 0.254. The Morgan fingerprint density at radius 1 is 0.955 bits per heavy atom. The Kier molecular flexibility index (Phi) is 4.87. The molecule has 0 radical (unpaired) electrons. The third-order valence-corrected chi connectivity index (χ3v) is 6.94. The van der Waals surface area contributed by atoms with Gasteiger partial charge in [0.2, 0.25) is 0 Å². The van der Waals surface area contributed by atoms with E-state index in [-0.39, 0.29) is 37.3 Å². The Labute approximate surface area is 137 Å². The van der Waals surface area contributed by atoms with E-state index in [0.717, 1.165) is 18.4 Å². The zero-order chi connectivity index (χ0) is 15.4. The van der Waals surface area contributed by atoms with Crippen LogP contribution in [0.4, 0.5) is 0 Å². The van der Waals surface area contributed by atoms with Crippen LogP contribution < -0.4 is 4.46 Å². The minimum absolute atomic E-state index is 0.0217. The average Bonchev–Trinajstić information content (AvgIpc) is 2.58. The summed E-state index contributed by atoms with van der Waals surface area (Å²) < 4.78 is 1.20. The predicted molar refractivity (Wildman–Crippen MR) is 88.7 cm³/mol. The molecule has 1 aliphatic carbocycles. The van der Waals surface area contributed by atoms with E-state index in [9.17, 15) is 9.59 Å². The first-order valence-electron chi connectivity index (χ1n) is 7.59. The van der Waals surface area contributed by atoms with Gasteiger partial charge in [-0.15, -0.1) is 0 Å². The average molecular weight is 357 g/mol.